The summed E-state index contributed by atoms with van der Waals surface area (Å²) in [7, 11) is 0. The lowest BCUT2D eigenvalue weighted by Crippen LogP contribution is -2.35. The molecule has 4 aromatic rings. The summed E-state index contributed by atoms with van der Waals surface area (Å²) < 4.78 is 3.82. The van der Waals surface area contributed by atoms with Crippen molar-refractivity contribution in [1.29, 1.82) is 0 Å². The van der Waals surface area contributed by atoms with Gasteiger partial charge in [-0.3, -0.25) is 14.3 Å². The number of carbonyl (C=O) groups excluding carboxylic acids is 1. The first-order chi connectivity index (χ1) is 14.5. The van der Waals surface area contributed by atoms with E-state index < -0.39 is 6.04 Å². The highest BCUT2D eigenvalue weighted by Gasteiger charge is 2.24. The van der Waals surface area contributed by atoms with E-state index in [4.69, 9.17) is 11.6 Å². The highest BCUT2D eigenvalue weighted by atomic mass is 35.5. The fourth-order valence-electron chi connectivity index (χ4n) is 3.88. The Bertz CT molecular complexity index is 1270. The van der Waals surface area contributed by atoms with Gasteiger partial charge >= 0.3 is 0 Å². The molecule has 1 amide bonds. The molecule has 0 spiro atoms. The van der Waals surface area contributed by atoms with Gasteiger partial charge in [-0.1, -0.05) is 42.8 Å². The first kappa shape index (κ1) is 20.2. The van der Waals surface area contributed by atoms with Crippen LogP contribution in [0.1, 0.15) is 30.6 Å². The van der Waals surface area contributed by atoms with Crippen LogP contribution in [0.15, 0.2) is 59.4 Å². The van der Waals surface area contributed by atoms with E-state index in [1.807, 2.05) is 71.6 Å². The van der Waals surface area contributed by atoms with Gasteiger partial charge in [0.2, 0.25) is 5.91 Å². The van der Waals surface area contributed by atoms with Gasteiger partial charge in [-0.25, -0.2) is 4.52 Å². The van der Waals surface area contributed by atoms with Crippen molar-refractivity contribution >= 4 is 34.1 Å². The first-order valence-electron chi connectivity index (χ1n) is 10.0. The summed E-state index contributed by atoms with van der Waals surface area (Å²) in [6.07, 6.45) is 1.33. The van der Waals surface area contributed by atoms with Gasteiger partial charge in [0.15, 0.2) is 5.65 Å². The van der Waals surface area contributed by atoms with E-state index in [1.54, 1.807) is 0 Å². The quantitative estimate of drug-likeness (QED) is 0.512. The molecule has 0 aliphatic rings. The topological polar surface area (TPSA) is 68.4 Å². The Balaban J connectivity index is 1.67. The van der Waals surface area contributed by atoms with Crippen molar-refractivity contribution in [3.8, 4) is 0 Å². The Morgan fingerprint density at radius 1 is 1.17 bits per heavy atom. The molecule has 2 aromatic heterocycles. The second kappa shape index (κ2) is 8.32. The van der Waals surface area contributed by atoms with Crippen LogP contribution >= 0.6 is 11.6 Å². The molecule has 154 valence electrons. The fourth-order valence-corrected chi connectivity index (χ4v) is 4.01. The Morgan fingerprint density at radius 2 is 1.90 bits per heavy atom. The number of aromatic nitrogens is 3. The molecule has 1 N–H and O–H groups in total. The van der Waals surface area contributed by atoms with Crippen molar-refractivity contribution < 1.29 is 4.79 Å². The van der Waals surface area contributed by atoms with Crippen molar-refractivity contribution in [3.63, 3.8) is 0 Å². The van der Waals surface area contributed by atoms with E-state index in [9.17, 15) is 9.59 Å². The molecule has 6 nitrogen and oxygen atoms in total. The molecule has 4 rings (SSSR count). The lowest BCUT2D eigenvalue weighted by atomic mass is 10.1. The normalized spacial score (nSPS) is 12.4. The van der Waals surface area contributed by atoms with Gasteiger partial charge in [0.05, 0.1) is 5.52 Å². The Labute approximate surface area is 179 Å². The van der Waals surface area contributed by atoms with E-state index >= 15 is 0 Å². The SMILES string of the molecule is CC[C@H](C(=O)NCCc1ccc(Cl)cc1)n1c2ccccc2c2nc(=O)cc(C)n21. The fraction of sp³-hybridized carbons (Fsp3) is 0.261. The maximum Gasteiger partial charge on any atom is 0.273 e. The molecule has 1 atom stereocenters. The molecular weight excluding hydrogens is 400 g/mol. The number of benzene rings is 2. The number of nitrogens with zero attached hydrogens (tertiary/aromatic N) is 3. The average Bonchev–Trinajstić information content (AvgIpc) is 3.05. The van der Waals surface area contributed by atoms with Crippen LogP contribution in [-0.2, 0) is 11.2 Å². The zero-order valence-corrected chi connectivity index (χ0v) is 17.7. The van der Waals surface area contributed by atoms with Crippen LogP contribution in [0.25, 0.3) is 16.6 Å². The Morgan fingerprint density at radius 3 is 2.63 bits per heavy atom. The lowest BCUT2D eigenvalue weighted by Gasteiger charge is -2.20. The molecule has 0 fully saturated rings. The van der Waals surface area contributed by atoms with E-state index in [0.717, 1.165) is 28.6 Å². The minimum atomic E-state index is -0.430. The van der Waals surface area contributed by atoms with Gasteiger partial charge in [-0.05, 0) is 49.6 Å². The minimum Gasteiger partial charge on any atom is -0.354 e. The predicted octanol–water partition coefficient (Wildman–Crippen LogP) is 3.92. The van der Waals surface area contributed by atoms with Crippen molar-refractivity contribution in [1.82, 2.24) is 19.5 Å². The maximum absolute atomic E-state index is 13.1. The third kappa shape index (κ3) is 3.71. The molecule has 2 heterocycles. The van der Waals surface area contributed by atoms with Crippen LogP contribution in [0.5, 0.6) is 0 Å². The predicted molar refractivity (Wildman–Crippen MR) is 119 cm³/mol. The highest BCUT2D eigenvalue weighted by Crippen LogP contribution is 2.26. The molecular formula is C23H23ClN4O2. The molecule has 30 heavy (non-hydrogen) atoms. The van der Waals surface area contributed by atoms with Gasteiger partial charge in [-0.2, -0.15) is 4.98 Å². The highest BCUT2D eigenvalue weighted by molar-refractivity contribution is 6.30. The Hall–Kier alpha value is -3.12. The number of nitrogens with one attached hydrogen (secondary N) is 1. The first-order valence-corrected chi connectivity index (χ1v) is 10.4. The molecule has 0 aliphatic heterocycles. The number of hydrogen-bond acceptors (Lipinski definition) is 3. The summed E-state index contributed by atoms with van der Waals surface area (Å²) in [5.74, 6) is -0.0628. The van der Waals surface area contributed by atoms with Crippen LogP contribution in [0.2, 0.25) is 5.02 Å². The number of rotatable bonds is 6. The van der Waals surface area contributed by atoms with Gasteiger partial charge < -0.3 is 5.32 Å². The second-order valence-electron chi connectivity index (χ2n) is 7.32. The van der Waals surface area contributed by atoms with E-state index in [0.29, 0.717) is 23.6 Å². The van der Waals surface area contributed by atoms with Crippen molar-refractivity contribution in [2.75, 3.05) is 6.54 Å². The number of amides is 1. The molecule has 0 saturated carbocycles. The second-order valence-corrected chi connectivity index (χ2v) is 7.76. The van der Waals surface area contributed by atoms with E-state index in [-0.39, 0.29) is 11.5 Å². The number of halogens is 1. The largest absolute Gasteiger partial charge is 0.354 e. The number of para-hydroxylation sites is 1. The minimum absolute atomic E-state index is 0.0628. The van der Waals surface area contributed by atoms with Gasteiger partial charge in [0.1, 0.15) is 6.04 Å². The average molecular weight is 423 g/mol. The van der Waals surface area contributed by atoms with Gasteiger partial charge in [-0.15, -0.1) is 0 Å². The summed E-state index contributed by atoms with van der Waals surface area (Å²) in [5, 5.41) is 4.61. The molecule has 0 aliphatic carbocycles. The van der Waals surface area contributed by atoms with Crippen LogP contribution in [0.3, 0.4) is 0 Å². The molecule has 0 unspecified atom stereocenters. The van der Waals surface area contributed by atoms with Crippen LogP contribution in [-0.4, -0.2) is 26.6 Å². The number of aryl methyl sites for hydroxylation is 1. The number of carbonyl (C=O) groups is 1. The summed E-state index contributed by atoms with van der Waals surface area (Å²) in [5.41, 5.74) is 3.02. The number of hydrogen-bond donors (Lipinski definition) is 1. The molecule has 2 aromatic carbocycles. The summed E-state index contributed by atoms with van der Waals surface area (Å²) in [4.78, 5) is 29.4. The zero-order chi connectivity index (χ0) is 21.3. The monoisotopic (exact) mass is 422 g/mol. The van der Waals surface area contributed by atoms with Gasteiger partial charge in [0.25, 0.3) is 5.56 Å². The van der Waals surface area contributed by atoms with Crippen LogP contribution in [0, 0.1) is 6.92 Å². The van der Waals surface area contributed by atoms with E-state index in [1.165, 1.54) is 6.07 Å². The van der Waals surface area contributed by atoms with Crippen LogP contribution < -0.4 is 10.9 Å². The Kier molecular flexibility index (Phi) is 5.59. The van der Waals surface area contributed by atoms with Crippen molar-refractivity contribution in [2.24, 2.45) is 0 Å². The third-order valence-corrected chi connectivity index (χ3v) is 5.55. The van der Waals surface area contributed by atoms with Crippen LogP contribution in [0.4, 0.5) is 0 Å². The summed E-state index contributed by atoms with van der Waals surface area (Å²) in [6, 6.07) is 16.4. The number of fused-ring (bicyclic) bond motifs is 3. The standard InChI is InChI=1S/C23H23ClN4O2/c1-3-19(23(30)25-13-12-16-8-10-17(24)11-9-16)28-20-7-5-4-6-18(20)22-26-21(29)14-15(2)27(22)28/h4-11,14,19H,3,12-13H2,1-2H3,(H,25,30)/t19-/m1/s1. The van der Waals surface area contributed by atoms with Gasteiger partial charge in [0, 0.05) is 28.7 Å². The summed E-state index contributed by atoms with van der Waals surface area (Å²) >= 11 is 5.93. The molecule has 0 bridgehead atoms. The molecule has 0 radical (unpaired) electrons. The lowest BCUT2D eigenvalue weighted by molar-refractivity contribution is -0.124. The maximum atomic E-state index is 13.1. The van der Waals surface area contributed by atoms with Crippen molar-refractivity contribution in [3.05, 3.63) is 81.2 Å². The van der Waals surface area contributed by atoms with E-state index in [2.05, 4.69) is 10.3 Å². The van der Waals surface area contributed by atoms with Crippen molar-refractivity contribution in [2.45, 2.75) is 32.7 Å². The zero-order valence-electron chi connectivity index (χ0n) is 16.9. The molecule has 0 saturated heterocycles. The summed E-state index contributed by atoms with van der Waals surface area (Å²) in [6.45, 7) is 4.37. The smallest absolute Gasteiger partial charge is 0.273 e. The molecule has 7 heteroatoms. The third-order valence-electron chi connectivity index (χ3n) is 5.30.